The maximum Gasteiger partial charge on any atom is 0.264 e. The summed E-state index contributed by atoms with van der Waals surface area (Å²) in [5, 5.41) is 2.97. The van der Waals surface area contributed by atoms with E-state index >= 15 is 0 Å². The number of amides is 2. The Kier molecular flexibility index (Phi) is 11.7. The first-order valence-corrected chi connectivity index (χ1v) is 16.2. The molecule has 2 amide bonds. The Morgan fingerprint density at radius 1 is 0.857 bits per heavy atom. The van der Waals surface area contributed by atoms with Crippen LogP contribution in [0, 0.1) is 12.8 Å². The molecule has 0 radical (unpaired) electrons. The van der Waals surface area contributed by atoms with Gasteiger partial charge >= 0.3 is 0 Å². The molecule has 0 aromatic heterocycles. The van der Waals surface area contributed by atoms with Gasteiger partial charge in [0, 0.05) is 13.1 Å². The molecule has 7 nitrogen and oxygen atoms in total. The van der Waals surface area contributed by atoms with Crippen LogP contribution in [0.4, 0.5) is 5.69 Å². The van der Waals surface area contributed by atoms with E-state index in [-0.39, 0.29) is 29.2 Å². The normalized spacial score (nSPS) is 12.3. The Bertz CT molecular complexity index is 1400. The van der Waals surface area contributed by atoms with Crippen molar-refractivity contribution in [2.45, 2.75) is 71.2 Å². The highest BCUT2D eigenvalue weighted by atomic mass is 32.2. The number of anilines is 1. The first kappa shape index (κ1) is 32.9. The van der Waals surface area contributed by atoms with Crippen molar-refractivity contribution in [1.82, 2.24) is 10.2 Å². The number of carbonyl (C=O) groups excluding carboxylic acids is 2. The fraction of sp³-hybridized carbons (Fsp3) is 0.412. The minimum atomic E-state index is -4.09. The number of nitrogens with one attached hydrogen (secondary N) is 1. The van der Waals surface area contributed by atoms with Gasteiger partial charge in [0.2, 0.25) is 11.8 Å². The third kappa shape index (κ3) is 8.68. The Labute approximate surface area is 252 Å². The van der Waals surface area contributed by atoms with Gasteiger partial charge in [-0.2, -0.15) is 0 Å². The van der Waals surface area contributed by atoms with Gasteiger partial charge in [-0.25, -0.2) is 8.42 Å². The smallest absolute Gasteiger partial charge is 0.264 e. The van der Waals surface area contributed by atoms with E-state index in [1.54, 1.807) is 41.3 Å². The fourth-order valence-corrected chi connectivity index (χ4v) is 6.12. The summed E-state index contributed by atoms with van der Waals surface area (Å²) in [6.45, 7) is 12.3. The summed E-state index contributed by atoms with van der Waals surface area (Å²) in [7, 11) is -4.09. The molecular weight excluding hydrogens is 546 g/mol. The molecule has 0 heterocycles. The van der Waals surface area contributed by atoms with Crippen LogP contribution in [0.2, 0.25) is 0 Å². The van der Waals surface area contributed by atoms with Crippen LogP contribution in [0.15, 0.2) is 83.8 Å². The molecule has 0 aliphatic rings. The van der Waals surface area contributed by atoms with Crippen LogP contribution in [-0.2, 0) is 26.0 Å². The third-order valence-electron chi connectivity index (χ3n) is 7.29. The highest BCUT2D eigenvalue weighted by molar-refractivity contribution is 7.92. The number of nitrogens with zero attached hydrogens (tertiary/aromatic N) is 2. The van der Waals surface area contributed by atoms with E-state index in [1.165, 1.54) is 4.31 Å². The molecule has 1 N–H and O–H groups in total. The molecule has 0 saturated carbocycles. The third-order valence-corrected chi connectivity index (χ3v) is 9.08. The number of hydrogen-bond acceptors (Lipinski definition) is 4. The van der Waals surface area contributed by atoms with Gasteiger partial charge in [-0.1, -0.05) is 94.8 Å². The van der Waals surface area contributed by atoms with Gasteiger partial charge in [0.1, 0.15) is 12.6 Å². The van der Waals surface area contributed by atoms with Crippen LogP contribution in [-0.4, -0.2) is 50.8 Å². The second kappa shape index (κ2) is 15.0. The molecule has 3 aromatic rings. The van der Waals surface area contributed by atoms with Crippen molar-refractivity contribution in [3.8, 4) is 0 Å². The molecule has 42 heavy (non-hydrogen) atoms. The summed E-state index contributed by atoms with van der Waals surface area (Å²) in [6, 6.07) is 22.9. The van der Waals surface area contributed by atoms with Gasteiger partial charge in [-0.15, -0.1) is 0 Å². The lowest BCUT2D eigenvalue weighted by molar-refractivity contribution is -0.139. The molecular formula is C34H45N3O4S. The SMILES string of the molecule is CC[C@H](C(=O)NCC(C)C)N(CCc1ccccc1)C(=O)CN(c1ccc(C(C)C)cc1)S(=O)(=O)c1ccc(C)cc1. The minimum absolute atomic E-state index is 0.103. The molecule has 8 heteroatoms. The molecule has 0 unspecified atom stereocenters. The topological polar surface area (TPSA) is 86.8 Å². The van der Waals surface area contributed by atoms with Crippen molar-refractivity contribution in [2.24, 2.45) is 5.92 Å². The van der Waals surface area contributed by atoms with Crippen LogP contribution in [0.1, 0.15) is 63.6 Å². The molecule has 0 spiro atoms. The van der Waals surface area contributed by atoms with Crippen LogP contribution >= 0.6 is 0 Å². The molecule has 226 valence electrons. The van der Waals surface area contributed by atoms with Crippen molar-refractivity contribution in [3.05, 3.63) is 95.6 Å². The number of sulfonamides is 1. The van der Waals surface area contributed by atoms with E-state index in [2.05, 4.69) is 19.2 Å². The van der Waals surface area contributed by atoms with Crippen LogP contribution in [0.5, 0.6) is 0 Å². The maximum absolute atomic E-state index is 14.1. The van der Waals surface area contributed by atoms with E-state index in [0.29, 0.717) is 25.1 Å². The molecule has 0 aliphatic heterocycles. The van der Waals surface area contributed by atoms with Crippen LogP contribution in [0.3, 0.4) is 0 Å². The van der Waals surface area contributed by atoms with Gasteiger partial charge in [-0.05, 0) is 67.0 Å². The largest absolute Gasteiger partial charge is 0.354 e. The van der Waals surface area contributed by atoms with Crippen molar-refractivity contribution in [1.29, 1.82) is 0 Å². The summed E-state index contributed by atoms with van der Waals surface area (Å²) in [4.78, 5) is 29.1. The summed E-state index contributed by atoms with van der Waals surface area (Å²) >= 11 is 0. The lowest BCUT2D eigenvalue weighted by Gasteiger charge is -2.33. The summed E-state index contributed by atoms with van der Waals surface area (Å²) < 4.78 is 29.2. The second-order valence-corrected chi connectivity index (χ2v) is 13.3. The zero-order chi connectivity index (χ0) is 30.9. The van der Waals surface area contributed by atoms with Crippen LogP contribution < -0.4 is 9.62 Å². The number of benzene rings is 3. The Balaban J connectivity index is 2.01. The first-order valence-electron chi connectivity index (χ1n) is 14.7. The van der Waals surface area contributed by atoms with E-state index < -0.39 is 28.5 Å². The summed E-state index contributed by atoms with van der Waals surface area (Å²) in [6.07, 6.45) is 0.937. The maximum atomic E-state index is 14.1. The zero-order valence-corrected chi connectivity index (χ0v) is 26.5. The predicted octanol–water partition coefficient (Wildman–Crippen LogP) is 5.94. The summed E-state index contributed by atoms with van der Waals surface area (Å²) in [5.41, 5.74) is 3.42. The van der Waals surface area contributed by atoms with Crippen LogP contribution in [0.25, 0.3) is 0 Å². The average molecular weight is 592 g/mol. The van der Waals surface area contributed by atoms with E-state index in [4.69, 9.17) is 0 Å². The second-order valence-electron chi connectivity index (χ2n) is 11.5. The van der Waals surface area contributed by atoms with E-state index in [9.17, 15) is 18.0 Å². The number of carbonyl (C=O) groups is 2. The Morgan fingerprint density at radius 3 is 2.02 bits per heavy atom. The Morgan fingerprint density at radius 2 is 1.48 bits per heavy atom. The van der Waals surface area contributed by atoms with Crippen molar-refractivity contribution in [2.75, 3.05) is 23.9 Å². The lowest BCUT2D eigenvalue weighted by atomic mass is 10.0. The van der Waals surface area contributed by atoms with Gasteiger partial charge in [0.05, 0.1) is 10.6 Å². The van der Waals surface area contributed by atoms with Crippen molar-refractivity contribution < 1.29 is 18.0 Å². The monoisotopic (exact) mass is 591 g/mol. The van der Waals surface area contributed by atoms with Gasteiger partial charge in [0.15, 0.2) is 0 Å². The van der Waals surface area contributed by atoms with Crippen molar-refractivity contribution in [3.63, 3.8) is 0 Å². The molecule has 3 rings (SSSR count). The lowest BCUT2D eigenvalue weighted by Crippen LogP contribution is -2.53. The van der Waals surface area contributed by atoms with E-state index in [1.807, 2.05) is 70.2 Å². The molecule has 0 bridgehead atoms. The highest BCUT2D eigenvalue weighted by Gasteiger charge is 2.33. The van der Waals surface area contributed by atoms with Crippen molar-refractivity contribution >= 4 is 27.5 Å². The standard InChI is InChI=1S/C34H45N3O4S/c1-7-32(34(39)35-23-25(2)3)36(22-21-28-11-9-8-10-12-28)33(38)24-37(30-17-15-29(16-18-30)26(4)5)42(40,41)31-19-13-27(6)14-20-31/h8-20,25-26,32H,7,21-24H2,1-6H3,(H,35,39)/t32-/m1/s1. The number of hydrogen-bond donors (Lipinski definition) is 1. The quantitative estimate of drug-likeness (QED) is 0.252. The Hall–Kier alpha value is -3.65. The zero-order valence-electron chi connectivity index (χ0n) is 25.7. The number of aryl methyl sites for hydroxylation is 1. The highest BCUT2D eigenvalue weighted by Crippen LogP contribution is 2.27. The molecule has 0 aliphatic carbocycles. The van der Waals surface area contributed by atoms with Gasteiger partial charge in [-0.3, -0.25) is 13.9 Å². The molecule has 0 fully saturated rings. The van der Waals surface area contributed by atoms with Gasteiger partial charge < -0.3 is 10.2 Å². The number of rotatable bonds is 14. The predicted molar refractivity (Wildman–Crippen MR) is 170 cm³/mol. The van der Waals surface area contributed by atoms with E-state index in [0.717, 1.165) is 16.7 Å². The summed E-state index contributed by atoms with van der Waals surface area (Å²) in [5.74, 6) is -0.141. The fourth-order valence-electron chi connectivity index (χ4n) is 4.71. The first-order chi connectivity index (χ1) is 19.9. The minimum Gasteiger partial charge on any atom is -0.354 e. The average Bonchev–Trinajstić information content (AvgIpc) is 2.97. The molecule has 0 saturated heterocycles. The molecule has 3 aromatic carbocycles. The van der Waals surface area contributed by atoms with Gasteiger partial charge in [0.25, 0.3) is 10.0 Å². The molecule has 1 atom stereocenters.